The standard InChI is InChI=1S/C23H21ClFN7O4S2/c1-12-28-30-22(38-12)27-19(33)11-37-23-31-29-18(10-26-21(34)20-14(24)5-4-6-15(20)25)32(23)16-9-13(35-2)7-8-17(16)36-3/h4-9H,10-11H2,1-3H3,(H,26,34)(H,27,30,33). The van der Waals surface area contributed by atoms with Gasteiger partial charge in [0.05, 0.1) is 42.8 Å². The van der Waals surface area contributed by atoms with Crippen molar-refractivity contribution in [3.05, 3.63) is 63.6 Å². The normalized spacial score (nSPS) is 10.8. The first-order chi connectivity index (χ1) is 18.3. The fourth-order valence-electron chi connectivity index (χ4n) is 3.32. The minimum Gasteiger partial charge on any atom is -0.497 e. The van der Waals surface area contributed by atoms with E-state index in [-0.39, 0.29) is 28.8 Å². The fourth-order valence-corrected chi connectivity index (χ4v) is 4.94. The molecule has 0 aliphatic carbocycles. The molecule has 4 aromatic rings. The van der Waals surface area contributed by atoms with E-state index >= 15 is 0 Å². The molecule has 0 radical (unpaired) electrons. The summed E-state index contributed by atoms with van der Waals surface area (Å²) in [7, 11) is 3.02. The molecule has 0 saturated heterocycles. The highest BCUT2D eigenvalue weighted by Crippen LogP contribution is 2.32. The van der Waals surface area contributed by atoms with Gasteiger partial charge in [0.25, 0.3) is 5.91 Å². The lowest BCUT2D eigenvalue weighted by molar-refractivity contribution is -0.113. The smallest absolute Gasteiger partial charge is 0.256 e. The molecule has 15 heteroatoms. The Balaban J connectivity index is 1.62. The average molecular weight is 578 g/mol. The van der Waals surface area contributed by atoms with Crippen LogP contribution in [0, 0.1) is 12.7 Å². The number of nitrogens with one attached hydrogen (secondary N) is 2. The number of amides is 2. The summed E-state index contributed by atoms with van der Waals surface area (Å²) in [5, 5.41) is 22.9. The van der Waals surface area contributed by atoms with E-state index in [0.29, 0.717) is 33.3 Å². The Hall–Kier alpha value is -3.75. The van der Waals surface area contributed by atoms with Crippen LogP contribution in [0.1, 0.15) is 21.2 Å². The number of thioether (sulfide) groups is 1. The molecule has 2 aromatic heterocycles. The quantitative estimate of drug-likeness (QED) is 0.269. The highest BCUT2D eigenvalue weighted by Gasteiger charge is 2.22. The van der Waals surface area contributed by atoms with Crippen molar-refractivity contribution in [2.24, 2.45) is 0 Å². The van der Waals surface area contributed by atoms with Gasteiger partial charge in [0.1, 0.15) is 22.3 Å². The number of rotatable bonds is 10. The number of benzene rings is 2. The Kier molecular flexibility index (Phi) is 8.76. The minimum atomic E-state index is -0.751. The van der Waals surface area contributed by atoms with Gasteiger partial charge in [0, 0.05) is 6.07 Å². The van der Waals surface area contributed by atoms with Crippen LogP contribution in [0.5, 0.6) is 11.5 Å². The van der Waals surface area contributed by atoms with Crippen molar-refractivity contribution in [2.45, 2.75) is 18.6 Å². The van der Waals surface area contributed by atoms with Crippen LogP contribution in [0.3, 0.4) is 0 Å². The summed E-state index contributed by atoms with van der Waals surface area (Å²) < 4.78 is 26.7. The molecule has 198 valence electrons. The van der Waals surface area contributed by atoms with Crippen molar-refractivity contribution in [3.63, 3.8) is 0 Å². The minimum absolute atomic E-state index is 0.0137. The number of anilines is 1. The molecule has 0 aliphatic heterocycles. The first-order valence-corrected chi connectivity index (χ1v) is 13.1. The number of nitrogens with zero attached hydrogens (tertiary/aromatic N) is 5. The second kappa shape index (κ2) is 12.2. The van der Waals surface area contributed by atoms with Crippen LogP contribution in [0.15, 0.2) is 41.6 Å². The summed E-state index contributed by atoms with van der Waals surface area (Å²) in [6.07, 6.45) is 0. The lowest BCUT2D eigenvalue weighted by atomic mass is 10.2. The number of methoxy groups -OCH3 is 2. The first-order valence-electron chi connectivity index (χ1n) is 10.9. The first kappa shape index (κ1) is 27.3. The molecule has 0 aliphatic rings. The molecule has 2 amide bonds. The van der Waals surface area contributed by atoms with Crippen molar-refractivity contribution in [2.75, 3.05) is 25.3 Å². The van der Waals surface area contributed by atoms with Gasteiger partial charge in [-0.1, -0.05) is 40.8 Å². The van der Waals surface area contributed by atoms with Gasteiger partial charge in [-0.3, -0.25) is 19.5 Å². The number of ether oxygens (including phenoxy) is 2. The zero-order valence-electron chi connectivity index (χ0n) is 20.3. The van der Waals surface area contributed by atoms with Gasteiger partial charge in [0.2, 0.25) is 11.0 Å². The number of carbonyl (C=O) groups excluding carboxylic acids is 2. The Labute approximate surface area is 229 Å². The molecule has 0 unspecified atom stereocenters. The Morgan fingerprint density at radius 2 is 1.95 bits per heavy atom. The van der Waals surface area contributed by atoms with Crippen LogP contribution in [0.2, 0.25) is 5.02 Å². The predicted molar refractivity (Wildman–Crippen MR) is 141 cm³/mol. The number of halogens is 2. The number of carbonyl (C=O) groups is 2. The zero-order chi connectivity index (χ0) is 27.2. The molecule has 0 fully saturated rings. The molecule has 2 heterocycles. The van der Waals surface area contributed by atoms with E-state index in [1.165, 1.54) is 37.7 Å². The highest BCUT2D eigenvalue weighted by molar-refractivity contribution is 7.99. The third-order valence-corrected chi connectivity index (χ3v) is 7.03. The third-order valence-electron chi connectivity index (χ3n) is 5.03. The van der Waals surface area contributed by atoms with Crippen molar-refractivity contribution in [1.29, 1.82) is 0 Å². The molecule has 4 rings (SSSR count). The van der Waals surface area contributed by atoms with Crippen LogP contribution in [-0.2, 0) is 11.3 Å². The van der Waals surface area contributed by atoms with Crippen LogP contribution < -0.4 is 20.1 Å². The summed E-state index contributed by atoms with van der Waals surface area (Å²) in [6, 6.07) is 9.11. The summed E-state index contributed by atoms with van der Waals surface area (Å²) in [4.78, 5) is 25.2. The average Bonchev–Trinajstić information content (AvgIpc) is 3.50. The van der Waals surface area contributed by atoms with Crippen molar-refractivity contribution in [3.8, 4) is 17.2 Å². The number of aromatic nitrogens is 5. The van der Waals surface area contributed by atoms with E-state index < -0.39 is 11.7 Å². The maximum Gasteiger partial charge on any atom is 0.256 e. The fraction of sp³-hybridized carbons (Fsp3) is 0.217. The molecule has 0 saturated carbocycles. The molecule has 0 bridgehead atoms. The Bertz CT molecular complexity index is 1460. The molecule has 2 N–H and O–H groups in total. The van der Waals surface area contributed by atoms with Crippen molar-refractivity contribution < 1.29 is 23.5 Å². The number of aryl methyl sites for hydroxylation is 1. The lowest BCUT2D eigenvalue weighted by Crippen LogP contribution is -2.26. The second-order valence-electron chi connectivity index (χ2n) is 7.51. The summed E-state index contributed by atoms with van der Waals surface area (Å²) in [5.74, 6) is -0.517. The summed E-state index contributed by atoms with van der Waals surface area (Å²) >= 11 is 8.39. The topological polar surface area (TPSA) is 133 Å². The molecule has 2 aromatic carbocycles. The largest absolute Gasteiger partial charge is 0.497 e. The lowest BCUT2D eigenvalue weighted by Gasteiger charge is -2.15. The number of hydrogen-bond donors (Lipinski definition) is 2. The van der Waals surface area contributed by atoms with Crippen LogP contribution in [0.4, 0.5) is 9.52 Å². The molecule has 0 spiro atoms. The van der Waals surface area contributed by atoms with E-state index in [2.05, 4.69) is 31.0 Å². The van der Waals surface area contributed by atoms with Crippen LogP contribution in [-0.4, -0.2) is 56.7 Å². The van der Waals surface area contributed by atoms with Crippen molar-refractivity contribution >= 4 is 51.6 Å². The van der Waals surface area contributed by atoms with Gasteiger partial charge in [-0.05, 0) is 31.2 Å². The summed E-state index contributed by atoms with van der Waals surface area (Å²) in [5.41, 5.74) is 0.227. The van der Waals surface area contributed by atoms with E-state index in [1.54, 1.807) is 29.7 Å². The van der Waals surface area contributed by atoms with Gasteiger partial charge in [-0.2, -0.15) is 0 Å². The second-order valence-corrected chi connectivity index (χ2v) is 10.0. The van der Waals surface area contributed by atoms with Gasteiger partial charge >= 0.3 is 0 Å². The van der Waals surface area contributed by atoms with E-state index in [0.717, 1.165) is 22.8 Å². The molecular weight excluding hydrogens is 557 g/mol. The van der Waals surface area contributed by atoms with Crippen molar-refractivity contribution in [1.82, 2.24) is 30.3 Å². The van der Waals surface area contributed by atoms with Gasteiger partial charge in [0.15, 0.2) is 11.0 Å². The van der Waals surface area contributed by atoms with E-state index in [4.69, 9.17) is 21.1 Å². The number of hydrogen-bond acceptors (Lipinski definition) is 10. The van der Waals surface area contributed by atoms with Gasteiger partial charge in [-0.15, -0.1) is 20.4 Å². The molecule has 11 nitrogen and oxygen atoms in total. The predicted octanol–water partition coefficient (Wildman–Crippen LogP) is 3.90. The highest BCUT2D eigenvalue weighted by atomic mass is 35.5. The van der Waals surface area contributed by atoms with Crippen LogP contribution >= 0.6 is 34.7 Å². The Morgan fingerprint density at radius 3 is 2.63 bits per heavy atom. The van der Waals surface area contributed by atoms with Gasteiger partial charge < -0.3 is 14.8 Å². The molecule has 0 atom stereocenters. The Morgan fingerprint density at radius 1 is 1.13 bits per heavy atom. The molecular formula is C23H21ClFN7O4S2. The maximum absolute atomic E-state index is 14.2. The van der Waals surface area contributed by atoms with Crippen LogP contribution in [0.25, 0.3) is 5.69 Å². The van der Waals surface area contributed by atoms with Gasteiger partial charge in [-0.25, -0.2) is 4.39 Å². The monoisotopic (exact) mass is 577 g/mol. The third kappa shape index (κ3) is 6.20. The summed E-state index contributed by atoms with van der Waals surface area (Å²) in [6.45, 7) is 1.65. The SMILES string of the molecule is COc1ccc(OC)c(-n2c(CNC(=O)c3c(F)cccc3Cl)nnc2SCC(=O)Nc2nnc(C)s2)c1. The van der Waals surface area contributed by atoms with E-state index in [9.17, 15) is 14.0 Å². The zero-order valence-corrected chi connectivity index (χ0v) is 22.7. The maximum atomic E-state index is 14.2. The van der Waals surface area contributed by atoms with E-state index in [1.807, 2.05) is 0 Å². The molecule has 38 heavy (non-hydrogen) atoms.